The summed E-state index contributed by atoms with van der Waals surface area (Å²) in [6.45, 7) is 5.14. The number of benzene rings is 2. The SMILES string of the molecule is CC(C)C[C@@H](NC(=O)[C@@H](Cc1ccccc1)NC(=O)[C@H](N)Cc1ccccc1)C(=O)N[C@H](CCCCN)C(=O)N1CCC(NC(=O)c2cn3ccccc3n2)CC1.Cl.Cl.Cl. The Hall–Kier alpha value is -4.73. The Morgan fingerprint density at radius 3 is 1.90 bits per heavy atom. The van der Waals surface area contributed by atoms with Gasteiger partial charge in [-0.25, -0.2) is 4.98 Å². The van der Waals surface area contributed by atoms with E-state index in [-0.39, 0.29) is 67.4 Å². The van der Waals surface area contributed by atoms with Crippen molar-refractivity contribution in [1.82, 2.24) is 35.6 Å². The van der Waals surface area contributed by atoms with Crippen molar-refractivity contribution in [3.05, 3.63) is 108 Å². The van der Waals surface area contributed by atoms with Crippen LogP contribution in [0.4, 0.5) is 0 Å². The van der Waals surface area contributed by atoms with E-state index in [0.717, 1.165) is 11.1 Å². The van der Waals surface area contributed by atoms with E-state index in [1.807, 2.05) is 98.9 Å². The van der Waals surface area contributed by atoms with E-state index in [4.69, 9.17) is 11.5 Å². The molecule has 1 saturated heterocycles. The highest BCUT2D eigenvalue weighted by atomic mass is 35.5. The van der Waals surface area contributed by atoms with E-state index in [1.165, 1.54) is 0 Å². The smallest absolute Gasteiger partial charge is 0.271 e. The third kappa shape index (κ3) is 15.4. The van der Waals surface area contributed by atoms with E-state index in [9.17, 15) is 24.0 Å². The van der Waals surface area contributed by atoms with Gasteiger partial charge in [0.2, 0.25) is 23.6 Å². The summed E-state index contributed by atoms with van der Waals surface area (Å²) in [7, 11) is 0. The number of amides is 5. The lowest BCUT2D eigenvalue weighted by Crippen LogP contribution is -2.59. The van der Waals surface area contributed by atoms with E-state index >= 15 is 0 Å². The molecule has 1 aliphatic heterocycles. The Balaban J connectivity index is 0.00000413. The number of hydrogen-bond acceptors (Lipinski definition) is 8. The minimum atomic E-state index is -1.01. The van der Waals surface area contributed by atoms with Gasteiger partial charge in [-0.1, -0.05) is 80.6 Å². The first-order chi connectivity index (χ1) is 27.5. The first kappa shape index (κ1) is 51.4. The average molecular weight is 889 g/mol. The predicted molar refractivity (Wildman–Crippen MR) is 240 cm³/mol. The summed E-state index contributed by atoms with van der Waals surface area (Å²) >= 11 is 0. The zero-order valence-electron chi connectivity index (χ0n) is 34.2. The van der Waals surface area contributed by atoms with Crippen LogP contribution in [-0.2, 0) is 32.0 Å². The Kier molecular flexibility index (Phi) is 22.1. The number of nitrogens with zero attached hydrogens (tertiary/aromatic N) is 3. The van der Waals surface area contributed by atoms with Gasteiger partial charge in [0, 0.05) is 37.9 Å². The third-order valence-electron chi connectivity index (χ3n) is 10.2. The minimum absolute atomic E-state index is 0. The van der Waals surface area contributed by atoms with E-state index in [1.54, 1.807) is 15.5 Å². The molecule has 328 valence electrons. The fourth-order valence-corrected chi connectivity index (χ4v) is 7.06. The van der Waals surface area contributed by atoms with Gasteiger partial charge in [0.25, 0.3) is 5.91 Å². The van der Waals surface area contributed by atoms with Crippen molar-refractivity contribution in [1.29, 1.82) is 0 Å². The standard InChI is InChI=1S/C43H57N9O5.3ClH/c1-29(2)25-35(50-41(55)36(27-31-15-7-4-8-16-31)49-39(53)33(45)26-30-13-5-3-6-14-30)40(54)48-34(17-9-11-21-44)43(57)51-23-19-32(20-24-51)46-42(56)37-28-52-22-12-10-18-38(52)47-37;;;/h3-8,10,12-16,18,22,28-29,32-36H,9,11,17,19-21,23-27,44-45H2,1-2H3,(H,46,56)(H,48,54)(H,49,53)(H,50,55);3*1H/t33-,34-,35-,36-;;;/m1.../s1. The molecular formula is C43H60Cl3N9O5. The number of pyridine rings is 1. The topological polar surface area (TPSA) is 206 Å². The van der Waals surface area contributed by atoms with Crippen molar-refractivity contribution in [3.63, 3.8) is 0 Å². The number of hydrogen-bond donors (Lipinski definition) is 6. The highest BCUT2D eigenvalue weighted by molar-refractivity contribution is 5.95. The zero-order chi connectivity index (χ0) is 40.7. The van der Waals surface area contributed by atoms with Crippen molar-refractivity contribution >= 4 is 72.4 Å². The molecule has 0 unspecified atom stereocenters. The van der Waals surface area contributed by atoms with Gasteiger partial charge in [0.05, 0.1) is 6.04 Å². The molecule has 0 bridgehead atoms. The molecule has 0 spiro atoms. The number of halogens is 3. The summed E-state index contributed by atoms with van der Waals surface area (Å²) in [4.78, 5) is 74.5. The number of rotatable bonds is 19. The van der Waals surface area contributed by atoms with Gasteiger partial charge in [-0.3, -0.25) is 24.0 Å². The van der Waals surface area contributed by atoms with Crippen LogP contribution in [0.2, 0.25) is 0 Å². The quantitative estimate of drug-likeness (QED) is 0.0764. The zero-order valence-corrected chi connectivity index (χ0v) is 36.6. The van der Waals surface area contributed by atoms with Crippen molar-refractivity contribution in [2.24, 2.45) is 17.4 Å². The summed E-state index contributed by atoms with van der Waals surface area (Å²) in [5.74, 6) is -1.97. The molecule has 0 radical (unpaired) electrons. The van der Waals surface area contributed by atoms with Gasteiger partial charge in [-0.05, 0) is 80.7 Å². The maximum Gasteiger partial charge on any atom is 0.271 e. The van der Waals surface area contributed by atoms with Crippen LogP contribution in [0.15, 0.2) is 91.3 Å². The highest BCUT2D eigenvalue weighted by Gasteiger charge is 2.34. The van der Waals surface area contributed by atoms with Crippen LogP contribution in [0.5, 0.6) is 0 Å². The van der Waals surface area contributed by atoms with E-state index in [2.05, 4.69) is 26.3 Å². The van der Waals surface area contributed by atoms with Crippen LogP contribution in [0.1, 0.15) is 74.0 Å². The molecule has 0 aliphatic carbocycles. The molecule has 4 atom stereocenters. The fourth-order valence-electron chi connectivity index (χ4n) is 7.06. The van der Waals surface area contributed by atoms with Crippen LogP contribution in [0.3, 0.4) is 0 Å². The van der Waals surface area contributed by atoms with Gasteiger partial charge in [-0.15, -0.1) is 37.2 Å². The lowest BCUT2D eigenvalue weighted by atomic mass is 9.99. The molecule has 3 heterocycles. The summed E-state index contributed by atoms with van der Waals surface area (Å²) < 4.78 is 1.79. The number of piperidine rings is 1. The third-order valence-corrected chi connectivity index (χ3v) is 10.2. The van der Waals surface area contributed by atoms with E-state index in [0.29, 0.717) is 75.9 Å². The molecule has 0 saturated carbocycles. The van der Waals surface area contributed by atoms with Crippen LogP contribution in [0.25, 0.3) is 5.65 Å². The number of nitrogens with two attached hydrogens (primary N) is 2. The maximum atomic E-state index is 14.0. The minimum Gasteiger partial charge on any atom is -0.348 e. The number of carbonyl (C=O) groups excluding carboxylic acids is 5. The molecule has 60 heavy (non-hydrogen) atoms. The Bertz CT molecular complexity index is 1910. The molecule has 8 N–H and O–H groups in total. The first-order valence-corrected chi connectivity index (χ1v) is 20.0. The second-order valence-electron chi connectivity index (χ2n) is 15.2. The number of imidazole rings is 1. The molecule has 1 aliphatic rings. The largest absolute Gasteiger partial charge is 0.348 e. The second kappa shape index (κ2) is 25.8. The Morgan fingerprint density at radius 2 is 1.30 bits per heavy atom. The number of carbonyl (C=O) groups is 5. The van der Waals surface area contributed by atoms with Crippen LogP contribution >= 0.6 is 37.2 Å². The molecule has 5 amide bonds. The average Bonchev–Trinajstić information content (AvgIpc) is 3.65. The van der Waals surface area contributed by atoms with Gasteiger partial charge in [-0.2, -0.15) is 0 Å². The normalized spacial score (nSPS) is 14.6. The van der Waals surface area contributed by atoms with Crippen LogP contribution in [0, 0.1) is 5.92 Å². The molecule has 5 rings (SSSR count). The fraction of sp³-hybridized carbons (Fsp3) is 0.442. The summed E-state index contributed by atoms with van der Waals surface area (Å²) in [6, 6.07) is 20.4. The van der Waals surface area contributed by atoms with Crippen LogP contribution < -0.4 is 32.7 Å². The molecule has 2 aromatic carbocycles. The van der Waals surface area contributed by atoms with Gasteiger partial charge >= 0.3 is 0 Å². The van der Waals surface area contributed by atoms with Gasteiger partial charge in [0.1, 0.15) is 29.5 Å². The molecular weight excluding hydrogens is 829 g/mol. The summed E-state index contributed by atoms with van der Waals surface area (Å²) in [5.41, 5.74) is 14.8. The molecule has 17 heteroatoms. The summed E-state index contributed by atoms with van der Waals surface area (Å²) in [5, 5.41) is 11.8. The molecule has 4 aromatic rings. The monoisotopic (exact) mass is 887 g/mol. The number of aromatic nitrogens is 2. The number of nitrogens with one attached hydrogen (secondary N) is 4. The lowest BCUT2D eigenvalue weighted by molar-refractivity contribution is -0.138. The molecule has 14 nitrogen and oxygen atoms in total. The van der Waals surface area contributed by atoms with Gasteiger partial charge in [0.15, 0.2) is 0 Å². The van der Waals surface area contributed by atoms with E-state index < -0.39 is 41.9 Å². The number of fused-ring (bicyclic) bond motifs is 1. The van der Waals surface area contributed by atoms with Gasteiger partial charge < -0.3 is 42.0 Å². The number of likely N-dealkylation sites (tertiary alicyclic amines) is 1. The molecule has 1 fully saturated rings. The predicted octanol–water partition coefficient (Wildman–Crippen LogP) is 3.76. The summed E-state index contributed by atoms with van der Waals surface area (Å²) in [6.07, 6.45) is 7.06. The first-order valence-electron chi connectivity index (χ1n) is 20.0. The Labute approximate surface area is 371 Å². The van der Waals surface area contributed by atoms with Crippen LogP contribution in [-0.4, -0.2) is 93.7 Å². The Morgan fingerprint density at radius 1 is 0.733 bits per heavy atom. The van der Waals surface area contributed by atoms with Crippen molar-refractivity contribution in [2.75, 3.05) is 19.6 Å². The van der Waals surface area contributed by atoms with Crippen molar-refractivity contribution in [3.8, 4) is 0 Å². The number of unbranched alkanes of at least 4 members (excludes halogenated alkanes) is 1. The second-order valence-corrected chi connectivity index (χ2v) is 15.2. The highest BCUT2D eigenvalue weighted by Crippen LogP contribution is 2.16. The lowest BCUT2D eigenvalue weighted by Gasteiger charge is -2.35. The maximum absolute atomic E-state index is 14.0. The molecule has 2 aromatic heterocycles. The van der Waals surface area contributed by atoms with Crippen molar-refractivity contribution in [2.45, 2.75) is 95.4 Å². The van der Waals surface area contributed by atoms with Crippen molar-refractivity contribution < 1.29 is 24.0 Å².